The molecule has 3 nitrogen and oxygen atoms in total. The summed E-state index contributed by atoms with van der Waals surface area (Å²) in [5.41, 5.74) is 8.31. The third-order valence-corrected chi connectivity index (χ3v) is 3.79. The summed E-state index contributed by atoms with van der Waals surface area (Å²) in [4.78, 5) is 12.1. The van der Waals surface area contributed by atoms with E-state index >= 15 is 0 Å². The van der Waals surface area contributed by atoms with Crippen LogP contribution in [0.5, 0.6) is 0 Å². The summed E-state index contributed by atoms with van der Waals surface area (Å²) >= 11 is 1.23. The molecule has 0 bridgehead atoms. The van der Waals surface area contributed by atoms with Gasteiger partial charge in [-0.1, -0.05) is 31.2 Å². The Morgan fingerprint density at radius 2 is 2.12 bits per heavy atom. The first-order valence-electron chi connectivity index (χ1n) is 5.34. The van der Waals surface area contributed by atoms with Crippen molar-refractivity contribution < 1.29 is 9.90 Å². The topological polar surface area (TPSA) is 63.3 Å². The van der Waals surface area contributed by atoms with Crippen LogP contribution in [0.2, 0.25) is 0 Å². The maximum Gasteiger partial charge on any atom is 0.348 e. The number of hydrogen-bond donors (Lipinski definition) is 2. The van der Waals surface area contributed by atoms with Gasteiger partial charge in [0.1, 0.15) is 4.88 Å². The monoisotopic (exact) mass is 247 g/mol. The van der Waals surface area contributed by atoms with Gasteiger partial charge in [-0.3, -0.25) is 0 Å². The minimum Gasteiger partial charge on any atom is -0.477 e. The van der Waals surface area contributed by atoms with E-state index in [4.69, 9.17) is 10.8 Å². The number of rotatable bonds is 3. The van der Waals surface area contributed by atoms with Crippen LogP contribution in [0.15, 0.2) is 30.3 Å². The third kappa shape index (κ3) is 2.17. The van der Waals surface area contributed by atoms with E-state index in [9.17, 15) is 4.79 Å². The predicted molar refractivity (Wildman–Crippen MR) is 70.5 cm³/mol. The van der Waals surface area contributed by atoms with Crippen molar-refractivity contribution >= 4 is 23.0 Å². The van der Waals surface area contributed by atoms with Crippen molar-refractivity contribution in [2.24, 2.45) is 0 Å². The third-order valence-electron chi connectivity index (χ3n) is 2.62. The number of anilines is 1. The van der Waals surface area contributed by atoms with Crippen molar-refractivity contribution in [2.45, 2.75) is 13.3 Å². The van der Waals surface area contributed by atoms with Gasteiger partial charge in [-0.15, -0.1) is 11.3 Å². The molecule has 2 aromatic rings. The number of aromatic carboxylic acids is 1. The Morgan fingerprint density at radius 1 is 1.41 bits per heavy atom. The smallest absolute Gasteiger partial charge is 0.348 e. The number of carbonyl (C=O) groups is 1. The van der Waals surface area contributed by atoms with Gasteiger partial charge in [-0.05, 0) is 23.6 Å². The summed E-state index contributed by atoms with van der Waals surface area (Å²) in [6.45, 7) is 2.08. The maximum atomic E-state index is 11.0. The Labute approximate surface area is 104 Å². The Kier molecular flexibility index (Phi) is 3.15. The highest BCUT2D eigenvalue weighted by Crippen LogP contribution is 2.35. The van der Waals surface area contributed by atoms with Gasteiger partial charge in [0.15, 0.2) is 0 Å². The molecule has 0 saturated carbocycles. The van der Waals surface area contributed by atoms with Crippen molar-refractivity contribution in [2.75, 3.05) is 5.73 Å². The summed E-state index contributed by atoms with van der Waals surface area (Å²) < 4.78 is 0. The quantitative estimate of drug-likeness (QED) is 0.875. The average molecular weight is 247 g/mol. The summed E-state index contributed by atoms with van der Waals surface area (Å²) in [7, 11) is 0. The molecule has 0 aliphatic heterocycles. The molecule has 1 heterocycles. The lowest BCUT2D eigenvalue weighted by molar-refractivity contribution is 0.0703. The van der Waals surface area contributed by atoms with E-state index < -0.39 is 5.97 Å². The van der Waals surface area contributed by atoms with Crippen LogP contribution >= 0.6 is 11.3 Å². The molecule has 88 valence electrons. The molecule has 0 aliphatic carbocycles. The van der Waals surface area contributed by atoms with E-state index in [1.54, 1.807) is 6.07 Å². The van der Waals surface area contributed by atoms with Crippen LogP contribution < -0.4 is 5.73 Å². The Balaban J connectivity index is 2.53. The van der Waals surface area contributed by atoms with E-state index in [0.717, 1.165) is 16.9 Å². The molecule has 1 aromatic heterocycles. The molecule has 4 heteroatoms. The standard InChI is InChI=1S/C13H13NO2S/c1-2-8-5-3-4-6-9(8)11-7-10(14)12(17-11)13(15)16/h3-7H,2,14H2,1H3,(H,15,16). The van der Waals surface area contributed by atoms with Gasteiger partial charge in [-0.2, -0.15) is 0 Å². The largest absolute Gasteiger partial charge is 0.477 e. The van der Waals surface area contributed by atoms with E-state index in [1.807, 2.05) is 24.3 Å². The van der Waals surface area contributed by atoms with Crippen LogP contribution in [0, 0.1) is 0 Å². The van der Waals surface area contributed by atoms with Crippen LogP contribution in [0.3, 0.4) is 0 Å². The number of carboxylic acid groups (broad SMARTS) is 1. The lowest BCUT2D eigenvalue weighted by Crippen LogP contribution is -1.96. The van der Waals surface area contributed by atoms with E-state index in [1.165, 1.54) is 16.9 Å². The number of hydrogen-bond acceptors (Lipinski definition) is 3. The molecule has 2 rings (SSSR count). The van der Waals surface area contributed by atoms with Crippen LogP contribution in [-0.2, 0) is 6.42 Å². The molecule has 0 saturated heterocycles. The van der Waals surface area contributed by atoms with Gasteiger partial charge >= 0.3 is 5.97 Å². The fourth-order valence-corrected chi connectivity index (χ4v) is 2.75. The van der Waals surface area contributed by atoms with Crippen molar-refractivity contribution in [3.63, 3.8) is 0 Å². The Hall–Kier alpha value is -1.81. The fraction of sp³-hybridized carbons (Fsp3) is 0.154. The highest BCUT2D eigenvalue weighted by atomic mass is 32.1. The van der Waals surface area contributed by atoms with Gasteiger partial charge in [0, 0.05) is 4.88 Å². The molecular weight excluding hydrogens is 234 g/mol. The first-order chi connectivity index (χ1) is 8.13. The van der Waals surface area contributed by atoms with E-state index in [-0.39, 0.29) is 4.88 Å². The van der Waals surface area contributed by atoms with Crippen molar-refractivity contribution in [1.82, 2.24) is 0 Å². The van der Waals surface area contributed by atoms with Crippen molar-refractivity contribution in [3.8, 4) is 10.4 Å². The zero-order valence-electron chi connectivity index (χ0n) is 9.43. The molecule has 0 atom stereocenters. The van der Waals surface area contributed by atoms with Crippen molar-refractivity contribution in [1.29, 1.82) is 0 Å². The normalized spacial score (nSPS) is 10.4. The molecule has 0 fully saturated rings. The second-order valence-corrected chi connectivity index (χ2v) is 4.76. The first kappa shape index (κ1) is 11.7. The fourth-order valence-electron chi connectivity index (χ4n) is 1.77. The Morgan fingerprint density at radius 3 is 2.71 bits per heavy atom. The summed E-state index contributed by atoms with van der Waals surface area (Å²) in [6.07, 6.45) is 0.913. The molecule has 3 N–H and O–H groups in total. The van der Waals surface area contributed by atoms with Crippen LogP contribution in [-0.4, -0.2) is 11.1 Å². The zero-order chi connectivity index (χ0) is 12.4. The second kappa shape index (κ2) is 4.59. The van der Waals surface area contributed by atoms with Crippen LogP contribution in [0.25, 0.3) is 10.4 Å². The van der Waals surface area contributed by atoms with Gasteiger partial charge < -0.3 is 10.8 Å². The minimum absolute atomic E-state index is 0.214. The highest BCUT2D eigenvalue weighted by molar-refractivity contribution is 7.18. The number of benzene rings is 1. The number of nitrogens with two attached hydrogens (primary N) is 1. The highest BCUT2D eigenvalue weighted by Gasteiger charge is 2.15. The second-order valence-electron chi connectivity index (χ2n) is 3.71. The van der Waals surface area contributed by atoms with Gasteiger partial charge in [0.2, 0.25) is 0 Å². The number of nitrogen functional groups attached to an aromatic ring is 1. The summed E-state index contributed by atoms with van der Waals surface area (Å²) in [5, 5.41) is 8.98. The molecule has 0 spiro atoms. The van der Waals surface area contributed by atoms with Gasteiger partial charge in [0.25, 0.3) is 0 Å². The minimum atomic E-state index is -0.965. The molecule has 0 amide bonds. The lowest BCUT2D eigenvalue weighted by Gasteiger charge is -2.04. The lowest BCUT2D eigenvalue weighted by atomic mass is 10.0. The molecular formula is C13H13NO2S. The van der Waals surface area contributed by atoms with Gasteiger partial charge in [-0.25, -0.2) is 4.79 Å². The van der Waals surface area contributed by atoms with Crippen LogP contribution in [0.1, 0.15) is 22.2 Å². The zero-order valence-corrected chi connectivity index (χ0v) is 10.3. The molecule has 0 unspecified atom stereocenters. The molecule has 17 heavy (non-hydrogen) atoms. The number of carboxylic acids is 1. The first-order valence-corrected chi connectivity index (χ1v) is 6.16. The van der Waals surface area contributed by atoms with E-state index in [2.05, 4.69) is 6.92 Å². The molecule has 0 radical (unpaired) electrons. The maximum absolute atomic E-state index is 11.0. The molecule has 0 aliphatic rings. The average Bonchev–Trinajstić information content (AvgIpc) is 2.71. The van der Waals surface area contributed by atoms with E-state index in [0.29, 0.717) is 5.69 Å². The Bertz CT molecular complexity index is 560. The van der Waals surface area contributed by atoms with Crippen molar-refractivity contribution in [3.05, 3.63) is 40.8 Å². The van der Waals surface area contributed by atoms with Crippen LogP contribution in [0.4, 0.5) is 5.69 Å². The number of thiophene rings is 1. The number of aryl methyl sites for hydroxylation is 1. The SMILES string of the molecule is CCc1ccccc1-c1cc(N)c(C(=O)O)s1. The summed E-state index contributed by atoms with van der Waals surface area (Å²) in [6, 6.07) is 9.71. The summed E-state index contributed by atoms with van der Waals surface area (Å²) in [5.74, 6) is -0.965. The van der Waals surface area contributed by atoms with Gasteiger partial charge in [0.05, 0.1) is 5.69 Å². The predicted octanol–water partition coefficient (Wildman–Crippen LogP) is 3.26. The molecule has 1 aromatic carbocycles.